The van der Waals surface area contributed by atoms with Crippen LogP contribution >= 0.6 is 12.6 Å². The second-order valence-corrected chi connectivity index (χ2v) is 4.71. The Labute approximate surface area is 102 Å². The van der Waals surface area contributed by atoms with Gasteiger partial charge < -0.3 is 4.74 Å². The zero-order valence-corrected chi connectivity index (χ0v) is 9.99. The van der Waals surface area contributed by atoms with E-state index in [1.54, 1.807) is 0 Å². The van der Waals surface area contributed by atoms with Crippen LogP contribution in [0, 0.1) is 5.92 Å². The quantitative estimate of drug-likeness (QED) is 0.473. The Morgan fingerprint density at radius 3 is 2.24 bits per heavy atom. The number of hydrogen-bond donors (Lipinski definition) is 1. The predicted octanol–water partition coefficient (Wildman–Crippen LogP) is 3.27. The van der Waals surface area contributed by atoms with Gasteiger partial charge in [0.25, 0.3) is 0 Å². The zero-order valence-electron chi connectivity index (χ0n) is 9.10. The molecule has 0 bridgehead atoms. The van der Waals surface area contributed by atoms with Crippen molar-refractivity contribution in [2.24, 2.45) is 5.92 Å². The average molecular weight is 274 g/mol. The van der Waals surface area contributed by atoms with Gasteiger partial charge in [-0.25, -0.2) is 0 Å². The maximum atomic E-state index is 12.7. The van der Waals surface area contributed by atoms with Gasteiger partial charge in [0.05, 0.1) is 18.9 Å². The van der Waals surface area contributed by atoms with Gasteiger partial charge >= 0.3 is 17.1 Å². The first kappa shape index (κ1) is 14.6. The Morgan fingerprint density at radius 1 is 1.24 bits per heavy atom. The summed E-state index contributed by atoms with van der Waals surface area (Å²) in [4.78, 5) is 11.3. The molecule has 0 aromatic carbocycles. The summed E-state index contributed by atoms with van der Waals surface area (Å²) in [5.74, 6) is -5.10. The highest BCUT2D eigenvalue weighted by Gasteiger charge is 2.53. The molecule has 1 fully saturated rings. The molecule has 0 amide bonds. The minimum atomic E-state index is -4.40. The third-order valence-electron chi connectivity index (χ3n) is 2.79. The molecule has 0 saturated heterocycles. The SMILES string of the molecule is O=C(OCCC(F)(F)C(F)(F)S)C1CCCC1. The second kappa shape index (κ2) is 5.46. The average Bonchev–Trinajstić information content (AvgIpc) is 2.67. The highest BCUT2D eigenvalue weighted by molar-refractivity contribution is 7.81. The Balaban J connectivity index is 2.30. The fraction of sp³-hybridized carbons (Fsp3) is 0.900. The highest BCUT2D eigenvalue weighted by Crippen LogP contribution is 2.39. The third kappa shape index (κ3) is 4.04. The lowest BCUT2D eigenvalue weighted by Gasteiger charge is -2.22. The van der Waals surface area contributed by atoms with Crippen LogP contribution < -0.4 is 0 Å². The summed E-state index contributed by atoms with van der Waals surface area (Å²) in [5, 5.41) is -4.40. The van der Waals surface area contributed by atoms with Crippen molar-refractivity contribution in [1.29, 1.82) is 0 Å². The molecular weight excluding hydrogens is 260 g/mol. The number of ether oxygens (including phenoxy) is 1. The van der Waals surface area contributed by atoms with Crippen molar-refractivity contribution in [2.45, 2.75) is 43.3 Å². The molecule has 7 heteroatoms. The molecule has 0 heterocycles. The molecule has 0 atom stereocenters. The van der Waals surface area contributed by atoms with Gasteiger partial charge in [0.1, 0.15) is 0 Å². The Hall–Kier alpha value is -0.460. The fourth-order valence-electron chi connectivity index (χ4n) is 1.71. The molecule has 1 aliphatic rings. The van der Waals surface area contributed by atoms with E-state index in [0.717, 1.165) is 12.8 Å². The number of carbonyl (C=O) groups is 1. The van der Waals surface area contributed by atoms with Gasteiger partial charge in [-0.05, 0) is 12.8 Å². The number of esters is 1. The largest absolute Gasteiger partial charge is 0.465 e. The van der Waals surface area contributed by atoms with Crippen LogP contribution in [-0.4, -0.2) is 23.8 Å². The number of alkyl halides is 4. The van der Waals surface area contributed by atoms with E-state index in [1.165, 1.54) is 0 Å². The Kier molecular flexibility index (Phi) is 4.69. The van der Waals surface area contributed by atoms with Crippen LogP contribution in [0.2, 0.25) is 0 Å². The van der Waals surface area contributed by atoms with Gasteiger partial charge in [-0.1, -0.05) is 25.5 Å². The van der Waals surface area contributed by atoms with Gasteiger partial charge in [-0.15, -0.1) is 0 Å². The molecular formula is C10H14F4O2S. The summed E-state index contributed by atoms with van der Waals surface area (Å²) < 4.78 is 54.7. The van der Waals surface area contributed by atoms with E-state index in [0.29, 0.717) is 12.8 Å². The normalized spacial score (nSPS) is 18.4. The first-order chi connectivity index (χ1) is 7.74. The van der Waals surface area contributed by atoms with E-state index >= 15 is 0 Å². The van der Waals surface area contributed by atoms with Crippen molar-refractivity contribution < 1.29 is 27.1 Å². The second-order valence-electron chi connectivity index (χ2n) is 4.14. The van der Waals surface area contributed by atoms with Crippen LogP contribution in [0.15, 0.2) is 0 Å². The van der Waals surface area contributed by atoms with Gasteiger partial charge in [0, 0.05) is 0 Å². The van der Waals surface area contributed by atoms with E-state index in [1.807, 2.05) is 0 Å². The van der Waals surface area contributed by atoms with Crippen molar-refractivity contribution in [3.8, 4) is 0 Å². The van der Waals surface area contributed by atoms with Crippen LogP contribution in [-0.2, 0) is 9.53 Å². The molecule has 0 aromatic rings. The van der Waals surface area contributed by atoms with Crippen LogP contribution in [0.4, 0.5) is 17.6 Å². The minimum absolute atomic E-state index is 0.264. The fourth-order valence-corrected chi connectivity index (χ4v) is 1.82. The number of halogens is 4. The third-order valence-corrected chi connectivity index (χ3v) is 3.12. The maximum absolute atomic E-state index is 12.7. The molecule has 0 radical (unpaired) electrons. The van der Waals surface area contributed by atoms with Crippen LogP contribution in [0.25, 0.3) is 0 Å². The van der Waals surface area contributed by atoms with Crippen LogP contribution in [0.1, 0.15) is 32.1 Å². The van der Waals surface area contributed by atoms with E-state index < -0.39 is 30.2 Å². The Bertz CT molecular complexity index is 272. The van der Waals surface area contributed by atoms with Gasteiger partial charge in [0.2, 0.25) is 0 Å². The molecule has 2 nitrogen and oxygen atoms in total. The first-order valence-electron chi connectivity index (χ1n) is 5.39. The lowest BCUT2D eigenvalue weighted by molar-refractivity contribution is -0.169. The minimum Gasteiger partial charge on any atom is -0.465 e. The topological polar surface area (TPSA) is 26.3 Å². The van der Waals surface area contributed by atoms with Crippen LogP contribution in [0.5, 0.6) is 0 Å². The monoisotopic (exact) mass is 274 g/mol. The van der Waals surface area contributed by atoms with Gasteiger partial charge in [0.15, 0.2) is 0 Å². The lowest BCUT2D eigenvalue weighted by atomic mass is 10.1. The smallest absolute Gasteiger partial charge is 0.353 e. The summed E-state index contributed by atoms with van der Waals surface area (Å²) >= 11 is 2.52. The standard InChI is InChI=1S/C10H14F4O2S/c11-9(12,10(13,14)17)5-6-16-8(15)7-3-1-2-4-7/h7,17H,1-6H2. The van der Waals surface area contributed by atoms with Crippen LogP contribution in [0.3, 0.4) is 0 Å². The molecule has 0 aromatic heterocycles. The Morgan fingerprint density at radius 2 is 1.76 bits per heavy atom. The van der Waals surface area contributed by atoms with E-state index in [-0.39, 0.29) is 5.92 Å². The number of hydrogen-bond acceptors (Lipinski definition) is 3. The number of rotatable bonds is 5. The van der Waals surface area contributed by atoms with Crippen molar-refractivity contribution in [2.75, 3.05) is 6.61 Å². The summed E-state index contributed by atoms with van der Waals surface area (Å²) in [6.07, 6.45) is 1.95. The van der Waals surface area contributed by atoms with E-state index in [2.05, 4.69) is 17.4 Å². The van der Waals surface area contributed by atoms with Gasteiger partial charge in [-0.2, -0.15) is 17.6 Å². The summed E-state index contributed by atoms with van der Waals surface area (Å²) in [6, 6.07) is 0. The molecule has 100 valence electrons. The van der Waals surface area contributed by atoms with Crippen molar-refractivity contribution in [3.05, 3.63) is 0 Å². The lowest BCUT2D eigenvalue weighted by Crippen LogP contribution is -2.37. The van der Waals surface area contributed by atoms with E-state index in [9.17, 15) is 22.4 Å². The number of carbonyl (C=O) groups excluding carboxylic acids is 1. The molecule has 1 aliphatic carbocycles. The maximum Gasteiger partial charge on any atom is 0.353 e. The summed E-state index contributed by atoms with van der Waals surface area (Å²) in [5.41, 5.74) is 0. The zero-order chi connectivity index (χ0) is 13.1. The molecule has 0 unspecified atom stereocenters. The molecule has 0 spiro atoms. The molecule has 0 N–H and O–H groups in total. The first-order valence-corrected chi connectivity index (χ1v) is 5.83. The molecule has 17 heavy (non-hydrogen) atoms. The summed E-state index contributed by atoms with van der Waals surface area (Å²) in [6.45, 7) is -0.710. The highest BCUT2D eigenvalue weighted by atomic mass is 32.1. The van der Waals surface area contributed by atoms with Crippen molar-refractivity contribution >= 4 is 18.6 Å². The number of thiol groups is 1. The molecule has 1 rings (SSSR count). The van der Waals surface area contributed by atoms with E-state index in [4.69, 9.17) is 0 Å². The van der Waals surface area contributed by atoms with Crippen molar-refractivity contribution in [3.63, 3.8) is 0 Å². The van der Waals surface area contributed by atoms with Crippen molar-refractivity contribution in [1.82, 2.24) is 0 Å². The summed E-state index contributed by atoms with van der Waals surface area (Å²) in [7, 11) is 0. The predicted molar refractivity (Wildman–Crippen MR) is 56.4 cm³/mol. The molecule has 0 aliphatic heterocycles. The molecule has 1 saturated carbocycles. The van der Waals surface area contributed by atoms with Gasteiger partial charge in [-0.3, -0.25) is 4.79 Å².